The number of alkyl halides is 1. The van der Waals surface area contributed by atoms with Crippen molar-refractivity contribution in [3.8, 4) is 0 Å². The van der Waals surface area contributed by atoms with E-state index in [0.717, 1.165) is 89.9 Å². The topological polar surface area (TPSA) is 247 Å². The van der Waals surface area contributed by atoms with Gasteiger partial charge in [0, 0.05) is 75.0 Å². The predicted octanol–water partition coefficient (Wildman–Crippen LogP) is 20.0. The van der Waals surface area contributed by atoms with E-state index < -0.39 is 65.1 Å². The van der Waals surface area contributed by atoms with E-state index in [0.29, 0.717) is 125 Å². The van der Waals surface area contributed by atoms with Gasteiger partial charge in [-0.1, -0.05) is 155 Å². The fraction of sp³-hybridized carbons (Fsp3) is 1.00. The van der Waals surface area contributed by atoms with Crippen LogP contribution in [0.25, 0.3) is 0 Å². The van der Waals surface area contributed by atoms with Crippen molar-refractivity contribution in [3.05, 3.63) is 0 Å². The number of aliphatic hydroxyl groups is 2. The highest BCUT2D eigenvalue weighted by Crippen LogP contribution is 2.65. The molecule has 5 aliphatic carbocycles. The molecule has 642 valence electrons. The first-order valence-corrected chi connectivity index (χ1v) is 44.7. The van der Waals surface area contributed by atoms with Gasteiger partial charge < -0.3 is 57.6 Å². The van der Waals surface area contributed by atoms with Gasteiger partial charge in [-0.25, -0.2) is 49.6 Å². The first kappa shape index (κ1) is 90.2. The van der Waals surface area contributed by atoms with Crippen LogP contribution in [-0.2, 0) is 86.5 Å². The number of halogens is 1. The maximum Gasteiger partial charge on any atom is 0.201 e. The molecule has 16 saturated heterocycles. The van der Waals surface area contributed by atoms with Crippen LogP contribution in [0.15, 0.2) is 0 Å². The Balaban J connectivity index is 0.000000144. The van der Waals surface area contributed by atoms with E-state index in [1.54, 1.807) is 13.8 Å². The van der Waals surface area contributed by atoms with E-state index in [1.165, 1.54) is 64.2 Å². The molecule has 0 aromatic rings. The van der Waals surface area contributed by atoms with Crippen LogP contribution in [0.1, 0.15) is 314 Å². The Kier molecular flexibility index (Phi) is 30.2. The third-order valence-electron chi connectivity index (χ3n) is 31.4. The molecule has 0 aromatic heterocycles. The largest absolute Gasteiger partial charge is 0.368 e. The van der Waals surface area contributed by atoms with Crippen LogP contribution in [0.4, 0.5) is 0 Å². The molecule has 5 saturated carbocycles. The molecule has 3 spiro atoms. The van der Waals surface area contributed by atoms with Gasteiger partial charge in [-0.3, -0.25) is 0 Å². The minimum absolute atomic E-state index is 0. The summed E-state index contributed by atoms with van der Waals surface area (Å²) < 4.78 is 60.7. The molecule has 4 N–H and O–H groups in total. The summed E-state index contributed by atoms with van der Waals surface area (Å²) in [6.45, 7) is 43.0. The summed E-state index contributed by atoms with van der Waals surface area (Å²) in [5, 5.41) is 39.0. The van der Waals surface area contributed by atoms with Gasteiger partial charge in [0.2, 0.25) is 23.1 Å². The normalized spacial score (nSPS) is 54.0. The summed E-state index contributed by atoms with van der Waals surface area (Å²) in [4.78, 5) is 44.4. The molecule has 0 amide bonds. The summed E-state index contributed by atoms with van der Waals surface area (Å²) in [6, 6.07) is 0. The summed E-state index contributed by atoms with van der Waals surface area (Å²) in [6.07, 6.45) is 24.3. The van der Waals surface area contributed by atoms with Crippen molar-refractivity contribution in [2.45, 2.75) is 421 Å². The SMILES string of the molecule is C.CCC.CCC.CCC1C(O)O[C@@H]2O[C@@](C)(OO)CCC3C2C1CC[C@H]3C.CCC1C(O)O[C@@H]2O[C@H]3CCC4[C@H](C)CC[C@@H]1[C@]42OO3.CCC1O[C@@H]2O[C@]3(C)CCC4[C@H](C)CC[C@@H]([C@H]1C)[C@]42OO3.CCC1O[C@@H]2O[C@]3(C)CCC4[C@H](C)CC[C@@H]([C@H]1C)[C@]42OO3.C[C@@H]1CC[C@@H]2C3C1CC[C@](C)(OO)O[C@H]3OC(Cl)[C@@H]2C.[HH]. The van der Waals surface area contributed by atoms with E-state index in [4.69, 9.17) is 88.3 Å². The van der Waals surface area contributed by atoms with E-state index in [9.17, 15) is 20.7 Å². The van der Waals surface area contributed by atoms with Crippen LogP contribution in [0.3, 0.4) is 0 Å². The molecule has 21 rings (SSSR count). The molecule has 16 heterocycles. The third-order valence-corrected chi connectivity index (χ3v) is 31.9. The van der Waals surface area contributed by atoms with Gasteiger partial charge in [-0.2, -0.15) is 0 Å². The molecule has 23 heteroatoms. The van der Waals surface area contributed by atoms with Crippen molar-refractivity contribution in [2.75, 3.05) is 0 Å². The molecular formula is C87H155ClO22. The van der Waals surface area contributed by atoms with Gasteiger partial charge in [0.15, 0.2) is 67.1 Å². The number of aliphatic hydroxyl groups excluding tert-OH is 2. The van der Waals surface area contributed by atoms with Gasteiger partial charge >= 0.3 is 0 Å². The zero-order chi connectivity index (χ0) is 78.7. The van der Waals surface area contributed by atoms with E-state index in [1.807, 2.05) is 13.8 Å². The maximum absolute atomic E-state index is 10.3. The molecule has 0 radical (unpaired) electrons. The molecule has 16 aliphatic heterocycles. The Morgan fingerprint density at radius 2 is 0.782 bits per heavy atom. The summed E-state index contributed by atoms with van der Waals surface area (Å²) in [7, 11) is 0. The lowest BCUT2D eigenvalue weighted by Crippen LogP contribution is -2.70. The average Bonchev–Trinajstić information content (AvgIpc) is 1.67. The Labute approximate surface area is 668 Å². The quantitative estimate of drug-likeness (QED) is 0.110. The number of ether oxygens (including phenoxy) is 10. The summed E-state index contributed by atoms with van der Waals surface area (Å²) >= 11 is 6.35. The number of hydrogen-bond donors (Lipinski definition) is 4. The smallest absolute Gasteiger partial charge is 0.201 e. The second-order valence-corrected chi connectivity index (χ2v) is 38.8. The van der Waals surface area contributed by atoms with E-state index >= 15 is 0 Å². The van der Waals surface area contributed by atoms with Crippen molar-refractivity contribution >= 4 is 11.6 Å². The Hall–Kier alpha value is -0.590. The lowest BCUT2D eigenvalue weighted by Gasteiger charge is -2.60. The lowest BCUT2D eigenvalue weighted by molar-refractivity contribution is -0.571. The van der Waals surface area contributed by atoms with Crippen molar-refractivity contribution < 1.29 is 109 Å². The molecule has 0 aromatic carbocycles. The van der Waals surface area contributed by atoms with Crippen molar-refractivity contribution in [1.82, 2.24) is 0 Å². The molecule has 15 unspecified atom stereocenters. The zero-order valence-electron chi connectivity index (χ0n) is 70.5. The van der Waals surface area contributed by atoms with Gasteiger partial charge in [0.05, 0.1) is 12.2 Å². The molecular weight excluding hydrogens is 1430 g/mol. The Bertz CT molecular complexity index is 2800. The van der Waals surface area contributed by atoms with Gasteiger partial charge in [0.1, 0.15) is 5.56 Å². The van der Waals surface area contributed by atoms with Crippen LogP contribution in [0.2, 0.25) is 0 Å². The van der Waals surface area contributed by atoms with Crippen molar-refractivity contribution in [2.24, 2.45) is 130 Å². The summed E-state index contributed by atoms with van der Waals surface area (Å²) in [5.41, 5.74) is -1.63. The highest BCUT2D eigenvalue weighted by molar-refractivity contribution is 6.19. The molecule has 6 bridgehead atoms. The van der Waals surface area contributed by atoms with Gasteiger partial charge in [-0.15, -0.1) is 0 Å². The van der Waals surface area contributed by atoms with Crippen molar-refractivity contribution in [3.63, 3.8) is 0 Å². The fourth-order valence-electron chi connectivity index (χ4n) is 25.3. The molecule has 21 aliphatic rings. The molecule has 22 nitrogen and oxygen atoms in total. The van der Waals surface area contributed by atoms with Crippen LogP contribution < -0.4 is 0 Å². The van der Waals surface area contributed by atoms with Gasteiger partial charge in [-0.05, 0) is 226 Å². The lowest BCUT2D eigenvalue weighted by atomic mass is 9.57. The van der Waals surface area contributed by atoms with Crippen LogP contribution in [0, 0.1) is 130 Å². The zero-order valence-corrected chi connectivity index (χ0v) is 71.2. The van der Waals surface area contributed by atoms with Crippen LogP contribution in [0.5, 0.6) is 0 Å². The molecule has 40 atom stereocenters. The maximum atomic E-state index is 10.3. The third kappa shape index (κ3) is 16.8. The monoisotopic (exact) mass is 1590 g/mol. The molecule has 110 heavy (non-hydrogen) atoms. The second-order valence-electron chi connectivity index (χ2n) is 38.4. The minimum atomic E-state index is -1.04. The van der Waals surface area contributed by atoms with Crippen LogP contribution >= 0.6 is 11.6 Å². The fourth-order valence-corrected chi connectivity index (χ4v) is 25.6. The molecule has 21 fully saturated rings. The number of rotatable bonds is 6. The van der Waals surface area contributed by atoms with Gasteiger partial charge in [0.25, 0.3) is 0 Å². The highest BCUT2D eigenvalue weighted by atomic mass is 35.5. The standard InChI is InChI=1S/2C17H28O4.C16H28O5.C15H25ClO4.C15H24O5.2C3H8.CH4.H2/c2*1-5-14-11(3)13-7-6-10(2)12-8-9-16(4)19-15(18-14)17(12,13)21-20-16;1-4-10-12-6-5-9(2)11-7-8-16(3,21-18)20-15(13(11)12)19-14(10)17;1-8-4-5-11-9(2)13(16)18-14-12(11)10(8)6-7-15(3,19-14)20-17;1-3-9-11-5-4-8(2)10-6-7-12-17-14(18-13(9)16)15(10,11)20-19-12;2*1-3-2;;/h2*10-15H,5-9H2,1-4H3;9-15,17-18H,4-8H2,1-3H3;8-14,17H,4-7H2,1-3H3;8-14,16H,3-7H2,1-2H3;2*3H2,1-2H3;1H4;1H/t2*10-,11-,12?,13+,14?,15-,16+,17-;9-,10?,11?,12?,13?,14?,15-,16+;8-,9-,10?,11+,12?,13?,14-,15+;8-,9?,10?,11+,12-,13?,14+,15-;;;;/m11111..../s1. The minimum Gasteiger partial charge on any atom is -0.368 e. The number of hydrogen-bond acceptors (Lipinski definition) is 22. The Morgan fingerprint density at radius 3 is 1.25 bits per heavy atom. The first-order chi connectivity index (χ1) is 51.9. The summed E-state index contributed by atoms with van der Waals surface area (Å²) in [5.74, 6) is 6.70. The predicted molar refractivity (Wildman–Crippen MR) is 415 cm³/mol. The highest BCUT2D eigenvalue weighted by Gasteiger charge is 2.72. The average molecular weight is 1590 g/mol. The second kappa shape index (κ2) is 36.8. The van der Waals surface area contributed by atoms with Crippen molar-refractivity contribution in [1.29, 1.82) is 0 Å². The first-order valence-electron chi connectivity index (χ1n) is 44.3. The van der Waals surface area contributed by atoms with E-state index in [-0.39, 0.29) is 69.5 Å². The van der Waals surface area contributed by atoms with Crippen LogP contribution in [-0.4, -0.2) is 129 Å². The van der Waals surface area contributed by atoms with E-state index in [2.05, 4.69) is 121 Å². The Morgan fingerprint density at radius 1 is 0.373 bits per heavy atom. The number of fused-ring (bicyclic) bond motifs is 6.